The van der Waals surface area contributed by atoms with Gasteiger partial charge in [-0.2, -0.15) is 0 Å². The summed E-state index contributed by atoms with van der Waals surface area (Å²) in [6.07, 6.45) is 1.81. The average molecular weight is 544 g/mol. The van der Waals surface area contributed by atoms with Crippen LogP contribution in [0.25, 0.3) is 22.5 Å². The molecule has 0 aliphatic heterocycles. The third-order valence-corrected chi connectivity index (χ3v) is 4.78. The Labute approximate surface area is 181 Å². The summed E-state index contributed by atoms with van der Waals surface area (Å²) in [7, 11) is 0. The molecule has 0 amide bonds. The Hall–Kier alpha value is -2.57. The zero-order valence-corrected chi connectivity index (χ0v) is 18.1. The first-order valence-electron chi connectivity index (χ1n) is 9.03. The van der Waals surface area contributed by atoms with E-state index in [4.69, 9.17) is 4.98 Å². The number of nitrogens with zero attached hydrogens (tertiary/aromatic N) is 2. The smallest absolute Gasteiger partial charge is 0.305 e. The van der Waals surface area contributed by atoms with Crippen LogP contribution in [0.1, 0.15) is 25.1 Å². The molecule has 0 unspecified atom stereocenters. The van der Waals surface area contributed by atoms with Crippen LogP contribution in [0.3, 0.4) is 0 Å². The number of rotatable bonds is 4. The van der Waals surface area contributed by atoms with Crippen LogP contribution in [0.4, 0.5) is 0 Å². The Morgan fingerprint density at radius 2 is 1.50 bits per heavy atom. The number of pyridine rings is 2. The van der Waals surface area contributed by atoms with Crippen molar-refractivity contribution in [3.63, 3.8) is 0 Å². The maximum Gasteiger partial charge on any atom is 2.00 e. The first kappa shape index (κ1) is 20.2. The van der Waals surface area contributed by atoms with Crippen molar-refractivity contribution in [3.05, 3.63) is 108 Å². The quantitative estimate of drug-likeness (QED) is 0.307. The van der Waals surface area contributed by atoms with Gasteiger partial charge in [-0.05, 0) is 23.5 Å². The van der Waals surface area contributed by atoms with Crippen molar-refractivity contribution in [1.29, 1.82) is 0 Å². The third kappa shape index (κ3) is 4.13. The van der Waals surface area contributed by atoms with Crippen molar-refractivity contribution in [2.45, 2.75) is 19.3 Å². The molecule has 0 N–H and O–H groups in total. The fraction of sp³-hybridized carbons (Fsp3) is 0.120. The molecule has 28 heavy (non-hydrogen) atoms. The summed E-state index contributed by atoms with van der Waals surface area (Å²) in [5.74, 6) is 0. The summed E-state index contributed by atoms with van der Waals surface area (Å²) in [4.78, 5) is 9.37. The molecule has 0 atom stereocenters. The second-order valence-corrected chi connectivity index (χ2v) is 7.00. The van der Waals surface area contributed by atoms with E-state index in [0.29, 0.717) is 0 Å². The van der Waals surface area contributed by atoms with E-state index in [0.717, 1.165) is 33.8 Å². The molecule has 0 aliphatic rings. The summed E-state index contributed by atoms with van der Waals surface area (Å²) < 4.78 is 0. The van der Waals surface area contributed by atoms with Gasteiger partial charge in [-0.3, -0.25) is 0 Å². The molecule has 4 aromatic rings. The average Bonchev–Trinajstić information content (AvgIpc) is 2.75. The molecule has 2 aromatic heterocycles. The van der Waals surface area contributed by atoms with E-state index in [1.807, 2.05) is 60.8 Å². The molecule has 0 aliphatic carbocycles. The van der Waals surface area contributed by atoms with E-state index in [9.17, 15) is 0 Å². The number of hydrogen-bond donors (Lipinski definition) is 0. The standard InChI is InChI=1S/C25H20N2.Pt/c1-25(2,21-13-8-12-20(18-21)22-14-6-7-17-26-22)24-16-9-15-23(27-24)19-10-4-3-5-11-19;/h3-10,12-17H,1-2H3;/q-2;+2. The van der Waals surface area contributed by atoms with Gasteiger partial charge in [-0.1, -0.05) is 38.1 Å². The van der Waals surface area contributed by atoms with Crippen LogP contribution in [0.5, 0.6) is 0 Å². The Bertz CT molecular complexity index is 959. The molecule has 0 saturated heterocycles. The van der Waals surface area contributed by atoms with Crippen LogP contribution in [0.15, 0.2) is 85.1 Å². The SMILES string of the molecule is CC(C)(c1[c-]c(-c2ccccn2)ccc1)c1cccc(-c2[c-]cccc2)n1.[Pt+2]. The Morgan fingerprint density at radius 3 is 2.25 bits per heavy atom. The molecular weight excluding hydrogens is 523 g/mol. The molecule has 3 heteroatoms. The van der Waals surface area contributed by atoms with Gasteiger partial charge in [0, 0.05) is 17.3 Å². The van der Waals surface area contributed by atoms with Gasteiger partial charge < -0.3 is 9.97 Å². The minimum atomic E-state index is -0.282. The van der Waals surface area contributed by atoms with Gasteiger partial charge in [-0.25, -0.2) is 0 Å². The Morgan fingerprint density at radius 1 is 0.750 bits per heavy atom. The van der Waals surface area contributed by atoms with Crippen molar-refractivity contribution >= 4 is 0 Å². The van der Waals surface area contributed by atoms with Crippen molar-refractivity contribution in [3.8, 4) is 22.5 Å². The second kappa shape index (κ2) is 8.62. The van der Waals surface area contributed by atoms with Crippen LogP contribution < -0.4 is 0 Å². The first-order chi connectivity index (χ1) is 13.1. The zero-order chi connectivity index (χ0) is 18.7. The fourth-order valence-electron chi connectivity index (χ4n) is 3.13. The van der Waals surface area contributed by atoms with Crippen molar-refractivity contribution in [1.82, 2.24) is 9.97 Å². The second-order valence-electron chi connectivity index (χ2n) is 7.00. The first-order valence-corrected chi connectivity index (χ1v) is 9.03. The summed E-state index contributed by atoms with van der Waals surface area (Å²) in [6, 6.07) is 33.0. The van der Waals surface area contributed by atoms with Crippen molar-refractivity contribution < 1.29 is 21.1 Å². The van der Waals surface area contributed by atoms with Gasteiger partial charge in [-0.15, -0.1) is 71.3 Å². The summed E-state index contributed by atoms with van der Waals surface area (Å²) >= 11 is 0. The zero-order valence-electron chi connectivity index (χ0n) is 15.8. The van der Waals surface area contributed by atoms with E-state index >= 15 is 0 Å². The van der Waals surface area contributed by atoms with Crippen LogP contribution in [-0.4, -0.2) is 9.97 Å². The third-order valence-electron chi connectivity index (χ3n) is 4.78. The van der Waals surface area contributed by atoms with Gasteiger partial charge in [0.05, 0.1) is 0 Å². The maximum absolute atomic E-state index is 4.93. The summed E-state index contributed by atoms with van der Waals surface area (Å²) in [6.45, 7) is 4.36. The van der Waals surface area contributed by atoms with Crippen LogP contribution in [0.2, 0.25) is 0 Å². The maximum atomic E-state index is 4.93. The number of benzene rings is 2. The summed E-state index contributed by atoms with van der Waals surface area (Å²) in [5.41, 5.74) is 5.67. The minimum absolute atomic E-state index is 0. The predicted molar refractivity (Wildman–Crippen MR) is 109 cm³/mol. The number of aromatic nitrogens is 2. The molecule has 140 valence electrons. The fourth-order valence-corrected chi connectivity index (χ4v) is 3.13. The van der Waals surface area contributed by atoms with Gasteiger partial charge in [0.2, 0.25) is 0 Å². The predicted octanol–water partition coefficient (Wildman–Crippen LogP) is 5.73. The van der Waals surface area contributed by atoms with Gasteiger partial charge >= 0.3 is 21.1 Å². The van der Waals surface area contributed by atoms with Crippen LogP contribution in [0, 0.1) is 12.1 Å². The molecule has 2 heterocycles. The summed E-state index contributed by atoms with van der Waals surface area (Å²) in [5, 5.41) is 0. The Balaban J connectivity index is 0.00000225. The van der Waals surface area contributed by atoms with Crippen molar-refractivity contribution in [2.75, 3.05) is 0 Å². The van der Waals surface area contributed by atoms with E-state index < -0.39 is 0 Å². The van der Waals surface area contributed by atoms with Crippen LogP contribution >= 0.6 is 0 Å². The molecule has 0 spiro atoms. The largest absolute Gasteiger partial charge is 2.00 e. The van der Waals surface area contributed by atoms with E-state index in [1.165, 1.54) is 0 Å². The van der Waals surface area contributed by atoms with Crippen LogP contribution in [-0.2, 0) is 26.5 Å². The molecule has 2 nitrogen and oxygen atoms in total. The monoisotopic (exact) mass is 543 g/mol. The van der Waals surface area contributed by atoms with Gasteiger partial charge in [0.15, 0.2) is 0 Å². The van der Waals surface area contributed by atoms with Gasteiger partial charge in [0.1, 0.15) is 0 Å². The number of hydrogen-bond acceptors (Lipinski definition) is 2. The van der Waals surface area contributed by atoms with E-state index in [1.54, 1.807) is 0 Å². The van der Waals surface area contributed by atoms with E-state index in [2.05, 4.69) is 55.2 Å². The molecule has 0 bridgehead atoms. The van der Waals surface area contributed by atoms with E-state index in [-0.39, 0.29) is 26.5 Å². The molecule has 4 rings (SSSR count). The normalized spacial score (nSPS) is 10.9. The minimum Gasteiger partial charge on any atom is -0.305 e. The van der Waals surface area contributed by atoms with Gasteiger partial charge in [0.25, 0.3) is 0 Å². The molecule has 0 fully saturated rings. The molecule has 0 radical (unpaired) electrons. The molecular formula is C25H20N2Pt. The Kier molecular flexibility index (Phi) is 6.21. The van der Waals surface area contributed by atoms with Crippen molar-refractivity contribution in [2.24, 2.45) is 0 Å². The topological polar surface area (TPSA) is 25.8 Å². The molecule has 2 aromatic carbocycles. The molecule has 0 saturated carbocycles.